The first-order valence-corrected chi connectivity index (χ1v) is 9.38. The molecule has 27 heavy (non-hydrogen) atoms. The summed E-state index contributed by atoms with van der Waals surface area (Å²) in [7, 11) is -4.35. The number of hydrazine groups is 1. The van der Waals surface area contributed by atoms with Crippen LogP contribution >= 0.6 is 0 Å². The Morgan fingerprint density at radius 3 is 2.04 bits per heavy atom. The topological polar surface area (TPSA) is 102 Å². The number of primary amides is 1. The molecule has 138 valence electrons. The van der Waals surface area contributed by atoms with E-state index in [1.165, 1.54) is 12.1 Å². The zero-order valence-corrected chi connectivity index (χ0v) is 15.0. The number of nitrogens with two attached hydrogens (primary N) is 1. The number of hydrogen-bond acceptors (Lipinski definition) is 4. The Bertz CT molecular complexity index is 1030. The standard InChI is InChI=1S/C19H17N3O4S/c20-19(23)22(21-27(24,25)26-16-11-5-2-6-12-16)18-14-8-7-13-17(18)15-9-3-1-4-10-15/h1-14,21H,(H2,20,23). The van der Waals surface area contributed by atoms with Crippen LogP contribution in [-0.2, 0) is 10.3 Å². The van der Waals surface area contributed by atoms with E-state index < -0.39 is 16.3 Å². The van der Waals surface area contributed by atoms with Crippen molar-refractivity contribution in [2.45, 2.75) is 0 Å². The summed E-state index contributed by atoms with van der Waals surface area (Å²) in [5.74, 6) is 0.103. The minimum absolute atomic E-state index is 0.103. The van der Waals surface area contributed by atoms with Gasteiger partial charge in [-0.2, -0.15) is 8.42 Å². The summed E-state index contributed by atoms with van der Waals surface area (Å²) in [6, 6.07) is 22.9. The Labute approximate surface area is 157 Å². The highest BCUT2D eigenvalue weighted by molar-refractivity contribution is 7.85. The molecule has 0 saturated carbocycles. The number of anilines is 1. The van der Waals surface area contributed by atoms with Gasteiger partial charge in [0.15, 0.2) is 0 Å². The van der Waals surface area contributed by atoms with E-state index in [1.54, 1.807) is 42.5 Å². The molecular weight excluding hydrogens is 366 g/mol. The maximum Gasteiger partial charge on any atom is 0.400 e. The molecule has 0 aromatic heterocycles. The summed E-state index contributed by atoms with van der Waals surface area (Å²) in [6.45, 7) is 0. The highest BCUT2D eigenvalue weighted by Gasteiger charge is 2.24. The number of amides is 2. The van der Waals surface area contributed by atoms with E-state index in [1.807, 2.05) is 30.3 Å². The van der Waals surface area contributed by atoms with Crippen LogP contribution in [0.3, 0.4) is 0 Å². The van der Waals surface area contributed by atoms with Gasteiger partial charge in [0.1, 0.15) is 5.75 Å². The zero-order chi connectivity index (χ0) is 19.3. The summed E-state index contributed by atoms with van der Waals surface area (Å²) in [4.78, 5) is 14.1. The summed E-state index contributed by atoms with van der Waals surface area (Å²) in [5, 5.41) is 0.737. The fourth-order valence-corrected chi connectivity index (χ4v) is 3.29. The van der Waals surface area contributed by atoms with Crippen molar-refractivity contribution in [2.24, 2.45) is 5.73 Å². The number of nitrogens with one attached hydrogen (secondary N) is 1. The summed E-state index contributed by atoms with van der Waals surface area (Å²) in [6.07, 6.45) is 0. The lowest BCUT2D eigenvalue weighted by Crippen LogP contribution is -2.50. The van der Waals surface area contributed by atoms with Crippen LogP contribution < -0.4 is 19.8 Å². The average molecular weight is 383 g/mol. The molecule has 0 radical (unpaired) electrons. The first kappa shape index (κ1) is 18.4. The monoisotopic (exact) mass is 383 g/mol. The Balaban J connectivity index is 1.95. The summed E-state index contributed by atoms with van der Waals surface area (Å²) < 4.78 is 29.7. The molecule has 3 aromatic carbocycles. The van der Waals surface area contributed by atoms with Gasteiger partial charge in [-0.3, -0.25) is 0 Å². The Morgan fingerprint density at radius 1 is 0.852 bits per heavy atom. The second kappa shape index (κ2) is 7.90. The average Bonchev–Trinajstić information content (AvgIpc) is 2.67. The van der Waals surface area contributed by atoms with Gasteiger partial charge in [-0.1, -0.05) is 71.6 Å². The molecule has 0 fully saturated rings. The van der Waals surface area contributed by atoms with Gasteiger partial charge in [-0.15, -0.1) is 0 Å². The van der Waals surface area contributed by atoms with Gasteiger partial charge < -0.3 is 9.92 Å². The predicted molar refractivity (Wildman–Crippen MR) is 103 cm³/mol. The van der Waals surface area contributed by atoms with Crippen LogP contribution in [0.15, 0.2) is 84.9 Å². The molecule has 0 heterocycles. The SMILES string of the molecule is NC(=O)N(NS(=O)(=O)Oc1ccccc1)c1ccccc1-c1ccccc1. The van der Waals surface area contributed by atoms with Crippen LogP contribution in [0.1, 0.15) is 0 Å². The Morgan fingerprint density at radius 2 is 1.41 bits per heavy atom. The van der Waals surface area contributed by atoms with Crippen molar-refractivity contribution in [1.29, 1.82) is 0 Å². The van der Waals surface area contributed by atoms with Crippen LogP contribution in [-0.4, -0.2) is 14.4 Å². The van der Waals surface area contributed by atoms with Gasteiger partial charge in [-0.25, -0.2) is 9.80 Å². The number of nitrogens with zero attached hydrogens (tertiary/aromatic N) is 1. The number of urea groups is 1. The van der Waals surface area contributed by atoms with Crippen LogP contribution in [0.2, 0.25) is 0 Å². The van der Waals surface area contributed by atoms with E-state index in [4.69, 9.17) is 9.92 Å². The number of hydrogen-bond donors (Lipinski definition) is 2. The van der Waals surface area contributed by atoms with Gasteiger partial charge in [-0.05, 0) is 23.8 Å². The van der Waals surface area contributed by atoms with E-state index in [-0.39, 0.29) is 11.4 Å². The fourth-order valence-electron chi connectivity index (χ4n) is 2.48. The van der Waals surface area contributed by atoms with Crippen LogP contribution in [0.25, 0.3) is 11.1 Å². The molecule has 0 aliphatic rings. The molecule has 8 heteroatoms. The summed E-state index contributed by atoms with van der Waals surface area (Å²) in [5.41, 5.74) is 7.11. The highest BCUT2D eigenvalue weighted by atomic mass is 32.2. The van der Waals surface area contributed by atoms with Crippen molar-refractivity contribution >= 4 is 22.0 Å². The highest BCUT2D eigenvalue weighted by Crippen LogP contribution is 2.30. The number of para-hydroxylation sites is 2. The largest absolute Gasteiger partial charge is 0.400 e. The van der Waals surface area contributed by atoms with Crippen molar-refractivity contribution in [1.82, 2.24) is 4.83 Å². The first-order valence-electron chi connectivity index (χ1n) is 7.97. The van der Waals surface area contributed by atoms with Gasteiger partial charge in [0.2, 0.25) is 0 Å². The molecule has 0 aliphatic heterocycles. The second-order valence-electron chi connectivity index (χ2n) is 5.50. The third kappa shape index (κ3) is 4.63. The molecule has 0 aliphatic carbocycles. The van der Waals surface area contributed by atoms with E-state index in [0.29, 0.717) is 5.56 Å². The Hall–Kier alpha value is -3.36. The van der Waals surface area contributed by atoms with E-state index in [9.17, 15) is 13.2 Å². The van der Waals surface area contributed by atoms with Crippen LogP contribution in [0, 0.1) is 0 Å². The molecule has 0 saturated heterocycles. The smallest absolute Gasteiger partial charge is 0.370 e. The number of rotatable bonds is 6. The number of carbonyl (C=O) groups is 1. The maximum absolute atomic E-state index is 12.4. The lowest BCUT2D eigenvalue weighted by Gasteiger charge is -2.23. The minimum Gasteiger partial charge on any atom is -0.370 e. The normalized spacial score (nSPS) is 11.0. The lowest BCUT2D eigenvalue weighted by atomic mass is 10.0. The molecule has 3 N–H and O–H groups in total. The zero-order valence-electron chi connectivity index (χ0n) is 14.1. The van der Waals surface area contributed by atoms with Gasteiger partial charge in [0.25, 0.3) is 0 Å². The molecule has 0 atom stereocenters. The first-order chi connectivity index (χ1) is 13.0. The van der Waals surface area contributed by atoms with E-state index >= 15 is 0 Å². The van der Waals surface area contributed by atoms with Crippen molar-refractivity contribution in [2.75, 3.05) is 5.01 Å². The van der Waals surface area contributed by atoms with Crippen LogP contribution in [0.5, 0.6) is 5.75 Å². The predicted octanol–water partition coefficient (Wildman–Crippen LogP) is 3.07. The minimum atomic E-state index is -4.35. The quantitative estimate of drug-likeness (QED) is 0.639. The van der Waals surface area contributed by atoms with Crippen molar-refractivity contribution < 1.29 is 17.4 Å². The van der Waals surface area contributed by atoms with Crippen molar-refractivity contribution in [3.63, 3.8) is 0 Å². The van der Waals surface area contributed by atoms with Gasteiger partial charge in [0.05, 0.1) is 5.69 Å². The second-order valence-corrected chi connectivity index (χ2v) is 6.76. The van der Waals surface area contributed by atoms with Gasteiger partial charge in [0, 0.05) is 5.56 Å². The Kier molecular flexibility index (Phi) is 5.39. The summed E-state index contributed by atoms with van der Waals surface area (Å²) >= 11 is 0. The van der Waals surface area contributed by atoms with Crippen LogP contribution in [0.4, 0.5) is 10.5 Å². The molecule has 0 unspecified atom stereocenters. The number of carbonyl (C=O) groups excluding carboxylic acids is 1. The van der Waals surface area contributed by atoms with E-state index in [0.717, 1.165) is 10.6 Å². The molecule has 7 nitrogen and oxygen atoms in total. The maximum atomic E-state index is 12.4. The third-order valence-electron chi connectivity index (χ3n) is 3.60. The van der Waals surface area contributed by atoms with Crippen molar-refractivity contribution in [3.8, 4) is 16.9 Å². The fraction of sp³-hybridized carbons (Fsp3) is 0. The molecule has 0 bridgehead atoms. The van der Waals surface area contributed by atoms with Crippen molar-refractivity contribution in [3.05, 3.63) is 84.9 Å². The lowest BCUT2D eigenvalue weighted by molar-refractivity contribution is 0.252. The number of benzene rings is 3. The molecule has 0 spiro atoms. The molecular formula is C19H17N3O4S. The third-order valence-corrected chi connectivity index (χ3v) is 4.42. The van der Waals surface area contributed by atoms with E-state index in [2.05, 4.69) is 4.83 Å². The molecule has 3 rings (SSSR count). The molecule has 3 aromatic rings. The molecule has 2 amide bonds. The van der Waals surface area contributed by atoms with Gasteiger partial charge >= 0.3 is 16.3 Å².